The molecule has 2 amide bonds. The van der Waals surface area contributed by atoms with Crippen LogP contribution in [0.3, 0.4) is 0 Å². The molecule has 1 fully saturated rings. The monoisotopic (exact) mass is 414 g/mol. The zero-order chi connectivity index (χ0) is 20.7. The molecule has 2 aromatic carbocycles. The van der Waals surface area contributed by atoms with E-state index in [9.17, 15) is 14.0 Å². The van der Waals surface area contributed by atoms with Crippen LogP contribution in [0, 0.1) is 5.82 Å². The molecule has 1 aliphatic rings. The van der Waals surface area contributed by atoms with Crippen molar-refractivity contribution in [3.63, 3.8) is 0 Å². The molecule has 0 atom stereocenters. The van der Waals surface area contributed by atoms with Gasteiger partial charge < -0.3 is 10.2 Å². The largest absolute Gasteiger partial charge is 0.355 e. The van der Waals surface area contributed by atoms with Crippen LogP contribution in [0.4, 0.5) is 4.39 Å². The van der Waals surface area contributed by atoms with E-state index in [0.29, 0.717) is 32.5 Å². The first kappa shape index (κ1) is 21.4. The second kappa shape index (κ2) is 9.92. The number of piperidine rings is 1. The summed E-state index contributed by atoms with van der Waals surface area (Å²) in [6.45, 7) is 3.36. The molecule has 0 radical (unpaired) electrons. The Kier molecular flexibility index (Phi) is 7.31. The van der Waals surface area contributed by atoms with Crippen molar-refractivity contribution in [1.29, 1.82) is 0 Å². The molecule has 1 saturated heterocycles. The van der Waals surface area contributed by atoms with Gasteiger partial charge in [-0.25, -0.2) is 4.39 Å². The van der Waals surface area contributed by atoms with E-state index >= 15 is 0 Å². The first-order chi connectivity index (χ1) is 14.0. The molecule has 0 spiro atoms. The number of thioether (sulfide) groups is 1. The van der Waals surface area contributed by atoms with Crippen LogP contribution in [0.25, 0.3) is 0 Å². The molecule has 0 aromatic heterocycles. The Bertz CT molecular complexity index is 819. The normalized spacial score (nSPS) is 15.7. The predicted molar refractivity (Wildman–Crippen MR) is 114 cm³/mol. The van der Waals surface area contributed by atoms with Crippen LogP contribution >= 0.6 is 11.8 Å². The van der Waals surface area contributed by atoms with E-state index in [2.05, 4.69) is 5.32 Å². The van der Waals surface area contributed by atoms with Gasteiger partial charge in [-0.15, -0.1) is 11.8 Å². The minimum atomic E-state index is -0.586. The molecule has 0 aliphatic carbocycles. The Morgan fingerprint density at radius 3 is 2.34 bits per heavy atom. The second-order valence-electron chi connectivity index (χ2n) is 7.37. The van der Waals surface area contributed by atoms with Crippen LogP contribution in [0.1, 0.15) is 31.7 Å². The van der Waals surface area contributed by atoms with Gasteiger partial charge in [0.05, 0.1) is 5.41 Å². The van der Waals surface area contributed by atoms with Crippen molar-refractivity contribution in [2.24, 2.45) is 0 Å². The van der Waals surface area contributed by atoms with Crippen molar-refractivity contribution in [1.82, 2.24) is 10.2 Å². The summed E-state index contributed by atoms with van der Waals surface area (Å²) in [5.41, 5.74) is 0.429. The van der Waals surface area contributed by atoms with Gasteiger partial charge in [-0.2, -0.15) is 0 Å². The molecule has 1 N–H and O–H groups in total. The minimum Gasteiger partial charge on any atom is -0.355 e. The van der Waals surface area contributed by atoms with Crippen molar-refractivity contribution < 1.29 is 14.0 Å². The van der Waals surface area contributed by atoms with Gasteiger partial charge in [-0.05, 0) is 54.8 Å². The summed E-state index contributed by atoms with van der Waals surface area (Å²) in [5.74, 6) is 0.717. The van der Waals surface area contributed by atoms with Crippen molar-refractivity contribution >= 4 is 23.6 Å². The number of benzene rings is 2. The lowest BCUT2D eigenvalue weighted by molar-refractivity contribution is -0.135. The summed E-state index contributed by atoms with van der Waals surface area (Å²) in [6.07, 6.45) is 2.09. The number of nitrogens with one attached hydrogen (secondary N) is 1. The van der Waals surface area contributed by atoms with Gasteiger partial charge in [0.25, 0.3) is 0 Å². The highest BCUT2D eigenvalue weighted by Crippen LogP contribution is 2.36. The summed E-state index contributed by atoms with van der Waals surface area (Å²) >= 11 is 1.65. The predicted octanol–water partition coefficient (Wildman–Crippen LogP) is 4.00. The molecule has 3 rings (SSSR count). The van der Waals surface area contributed by atoms with E-state index in [1.807, 2.05) is 35.2 Å². The fourth-order valence-corrected chi connectivity index (χ4v) is 4.62. The lowest BCUT2D eigenvalue weighted by Crippen LogP contribution is -2.52. The number of carbonyl (C=O) groups is 2. The van der Waals surface area contributed by atoms with Gasteiger partial charge in [-0.1, -0.05) is 30.3 Å². The molecule has 154 valence electrons. The summed E-state index contributed by atoms with van der Waals surface area (Å²) in [4.78, 5) is 27.7. The number of nitrogens with zero attached hydrogens (tertiary/aromatic N) is 1. The van der Waals surface area contributed by atoms with E-state index in [0.717, 1.165) is 22.6 Å². The van der Waals surface area contributed by atoms with Crippen molar-refractivity contribution in [2.45, 2.75) is 36.5 Å². The standard InChI is InChI=1S/C23H27FN2O2S/c1-18(27)26-15-12-23(13-16-26,19-6-3-2-4-7-19)22(28)25-14-5-17-29-21-10-8-20(24)9-11-21/h2-4,6-11H,5,12-17H2,1H3,(H,25,28). The molecule has 0 bridgehead atoms. The van der Waals surface area contributed by atoms with Gasteiger partial charge >= 0.3 is 0 Å². The third-order valence-corrected chi connectivity index (χ3v) is 6.61. The Morgan fingerprint density at radius 2 is 1.72 bits per heavy atom. The van der Waals surface area contributed by atoms with Gasteiger partial charge in [0.1, 0.15) is 5.82 Å². The Balaban J connectivity index is 1.56. The van der Waals surface area contributed by atoms with Crippen molar-refractivity contribution in [3.05, 3.63) is 66.0 Å². The highest BCUT2D eigenvalue weighted by atomic mass is 32.2. The maximum absolute atomic E-state index is 13.2. The maximum Gasteiger partial charge on any atom is 0.230 e. The molecule has 6 heteroatoms. The smallest absolute Gasteiger partial charge is 0.230 e. The van der Waals surface area contributed by atoms with Crippen LogP contribution in [0.15, 0.2) is 59.5 Å². The molecule has 4 nitrogen and oxygen atoms in total. The minimum absolute atomic E-state index is 0.0404. The van der Waals surface area contributed by atoms with Crippen LogP contribution in [-0.4, -0.2) is 42.1 Å². The molecular weight excluding hydrogens is 387 g/mol. The lowest BCUT2D eigenvalue weighted by Gasteiger charge is -2.40. The number of rotatable bonds is 7. The molecule has 0 saturated carbocycles. The summed E-state index contributed by atoms with van der Waals surface area (Å²) < 4.78 is 13.0. The number of amides is 2. The number of likely N-dealkylation sites (tertiary alicyclic amines) is 1. The third-order valence-electron chi connectivity index (χ3n) is 5.51. The van der Waals surface area contributed by atoms with E-state index in [1.165, 1.54) is 12.1 Å². The van der Waals surface area contributed by atoms with E-state index in [1.54, 1.807) is 30.8 Å². The van der Waals surface area contributed by atoms with Crippen molar-refractivity contribution in [2.75, 3.05) is 25.4 Å². The Labute approximate surface area is 175 Å². The Morgan fingerprint density at radius 1 is 1.07 bits per heavy atom. The lowest BCUT2D eigenvalue weighted by atomic mass is 9.72. The number of hydrogen-bond donors (Lipinski definition) is 1. The third kappa shape index (κ3) is 5.38. The number of hydrogen-bond acceptors (Lipinski definition) is 3. The van der Waals surface area contributed by atoms with Gasteiger partial charge in [-0.3, -0.25) is 9.59 Å². The van der Waals surface area contributed by atoms with E-state index in [4.69, 9.17) is 0 Å². The zero-order valence-corrected chi connectivity index (χ0v) is 17.5. The van der Waals surface area contributed by atoms with Crippen molar-refractivity contribution in [3.8, 4) is 0 Å². The van der Waals surface area contributed by atoms with E-state index in [-0.39, 0.29) is 17.6 Å². The van der Waals surface area contributed by atoms with Gasteiger partial charge in [0.15, 0.2) is 0 Å². The molecule has 29 heavy (non-hydrogen) atoms. The first-order valence-corrected chi connectivity index (χ1v) is 11.0. The van der Waals surface area contributed by atoms with Gasteiger partial charge in [0, 0.05) is 31.5 Å². The second-order valence-corrected chi connectivity index (χ2v) is 8.53. The number of halogens is 1. The van der Waals surface area contributed by atoms with Crippen LogP contribution in [-0.2, 0) is 15.0 Å². The SMILES string of the molecule is CC(=O)N1CCC(C(=O)NCCCSc2ccc(F)cc2)(c2ccccc2)CC1. The highest BCUT2D eigenvalue weighted by molar-refractivity contribution is 7.99. The van der Waals surface area contributed by atoms with Crippen LogP contribution in [0.5, 0.6) is 0 Å². The quantitative estimate of drug-likeness (QED) is 0.550. The Hall–Kier alpha value is -2.34. The molecule has 1 heterocycles. The maximum atomic E-state index is 13.2. The zero-order valence-electron chi connectivity index (χ0n) is 16.7. The highest BCUT2D eigenvalue weighted by Gasteiger charge is 2.43. The first-order valence-electron chi connectivity index (χ1n) is 9.99. The average molecular weight is 415 g/mol. The fraction of sp³-hybridized carbons (Fsp3) is 0.391. The summed E-state index contributed by atoms with van der Waals surface area (Å²) in [7, 11) is 0. The molecular formula is C23H27FN2O2S. The molecule has 0 unspecified atom stereocenters. The fourth-order valence-electron chi connectivity index (χ4n) is 3.77. The summed E-state index contributed by atoms with van der Waals surface area (Å²) in [6, 6.07) is 16.3. The van der Waals surface area contributed by atoms with Gasteiger partial charge in [0.2, 0.25) is 11.8 Å². The molecule has 2 aromatic rings. The van der Waals surface area contributed by atoms with Crippen LogP contribution in [0.2, 0.25) is 0 Å². The van der Waals surface area contributed by atoms with Crippen LogP contribution < -0.4 is 5.32 Å². The average Bonchev–Trinajstić information content (AvgIpc) is 2.75. The van der Waals surface area contributed by atoms with E-state index < -0.39 is 5.41 Å². The molecule has 1 aliphatic heterocycles. The topological polar surface area (TPSA) is 49.4 Å². The summed E-state index contributed by atoms with van der Waals surface area (Å²) in [5, 5.41) is 3.12. The number of carbonyl (C=O) groups excluding carboxylic acids is 2.